The molecule has 9 nitrogen and oxygen atoms in total. The van der Waals surface area contributed by atoms with Gasteiger partial charge in [-0.2, -0.15) is 5.10 Å². The van der Waals surface area contributed by atoms with Gasteiger partial charge in [-0.15, -0.1) is 24.8 Å². The highest BCUT2D eigenvalue weighted by molar-refractivity contribution is 6.10. The average Bonchev–Trinajstić information content (AvgIpc) is 3.34. The van der Waals surface area contributed by atoms with Crippen molar-refractivity contribution in [3.8, 4) is 0 Å². The number of halogens is 2. The van der Waals surface area contributed by atoms with E-state index in [1.807, 2.05) is 36.4 Å². The van der Waals surface area contributed by atoms with E-state index in [0.29, 0.717) is 34.9 Å². The van der Waals surface area contributed by atoms with Crippen LogP contribution in [-0.2, 0) is 0 Å². The summed E-state index contributed by atoms with van der Waals surface area (Å²) >= 11 is 0. The van der Waals surface area contributed by atoms with E-state index in [-0.39, 0.29) is 36.6 Å². The van der Waals surface area contributed by atoms with Crippen LogP contribution < -0.4 is 21.3 Å². The van der Waals surface area contributed by atoms with Gasteiger partial charge in [-0.05, 0) is 61.7 Å². The summed E-state index contributed by atoms with van der Waals surface area (Å²) in [6.45, 7) is 2.26. The summed E-state index contributed by atoms with van der Waals surface area (Å²) in [5, 5.41) is 10.1. The minimum absolute atomic E-state index is 0. The first-order valence-corrected chi connectivity index (χ1v) is 11.7. The number of amides is 2. The average molecular weight is 542 g/mol. The number of nitrogens with two attached hydrogens (primary N) is 1. The number of para-hydroxylation sites is 1. The van der Waals surface area contributed by atoms with Crippen LogP contribution in [0.1, 0.15) is 33.6 Å². The molecule has 1 aliphatic rings. The molecule has 0 bridgehead atoms. The Balaban J connectivity index is 0.00000190. The SMILES string of the molecule is Cl.Cl.NCC1CCN(c2cc(C(=O)Nc3ccccc3)ccc2NC(=O)c2cnn3cccnc23)CC1. The molecule has 1 aliphatic heterocycles. The molecule has 37 heavy (non-hydrogen) atoms. The number of piperidine rings is 1. The normalized spacial score (nSPS) is 13.4. The highest BCUT2D eigenvalue weighted by Crippen LogP contribution is 2.32. The third-order valence-electron chi connectivity index (χ3n) is 6.35. The number of anilines is 3. The number of aromatic nitrogens is 3. The minimum atomic E-state index is -0.307. The lowest BCUT2D eigenvalue weighted by atomic mass is 9.96. The number of carbonyl (C=O) groups excluding carboxylic acids is 2. The van der Waals surface area contributed by atoms with Crippen molar-refractivity contribution in [1.82, 2.24) is 14.6 Å². The number of hydrogen-bond donors (Lipinski definition) is 3. The Kier molecular flexibility index (Phi) is 9.46. The van der Waals surface area contributed by atoms with Crippen molar-refractivity contribution < 1.29 is 9.59 Å². The van der Waals surface area contributed by atoms with Crippen LogP contribution in [0.3, 0.4) is 0 Å². The predicted molar refractivity (Wildman–Crippen MR) is 150 cm³/mol. The van der Waals surface area contributed by atoms with Gasteiger partial charge in [-0.1, -0.05) is 18.2 Å². The Morgan fingerprint density at radius 3 is 2.46 bits per heavy atom. The maximum atomic E-state index is 13.2. The number of hydrogen-bond acceptors (Lipinski definition) is 6. The quantitative estimate of drug-likeness (QED) is 0.335. The summed E-state index contributed by atoms with van der Waals surface area (Å²) in [6.07, 6.45) is 6.80. The number of carbonyl (C=O) groups is 2. The molecule has 0 saturated carbocycles. The Morgan fingerprint density at radius 1 is 0.973 bits per heavy atom. The van der Waals surface area contributed by atoms with E-state index in [0.717, 1.165) is 37.3 Å². The van der Waals surface area contributed by atoms with Gasteiger partial charge in [0.15, 0.2) is 5.65 Å². The molecule has 194 valence electrons. The van der Waals surface area contributed by atoms with E-state index in [1.165, 1.54) is 6.20 Å². The molecule has 1 fully saturated rings. The van der Waals surface area contributed by atoms with Gasteiger partial charge in [-0.25, -0.2) is 9.50 Å². The fourth-order valence-electron chi connectivity index (χ4n) is 4.35. The Hall–Kier alpha value is -3.66. The predicted octanol–water partition coefficient (Wildman–Crippen LogP) is 4.25. The zero-order chi connectivity index (χ0) is 24.2. The lowest BCUT2D eigenvalue weighted by Gasteiger charge is -2.34. The summed E-state index contributed by atoms with van der Waals surface area (Å²) in [6, 6.07) is 16.4. The largest absolute Gasteiger partial charge is 0.370 e. The van der Waals surface area contributed by atoms with E-state index in [1.54, 1.807) is 35.1 Å². The first-order chi connectivity index (χ1) is 17.1. The molecular formula is C26H29Cl2N7O2. The van der Waals surface area contributed by atoms with Crippen LogP contribution in [0.4, 0.5) is 17.1 Å². The number of rotatable bonds is 6. The fourth-order valence-corrected chi connectivity index (χ4v) is 4.35. The molecule has 11 heteroatoms. The standard InChI is InChI=1S/C26H27N7O2.2ClH/c27-16-18-9-13-32(14-10-18)23-15-19(25(34)30-20-5-2-1-3-6-20)7-8-22(23)31-26(35)21-17-29-33-12-4-11-28-24(21)33;;/h1-8,11-12,15,17-18H,9-10,13-14,16,27H2,(H,30,34)(H,31,35);2*1H. The third-order valence-corrected chi connectivity index (χ3v) is 6.35. The van der Waals surface area contributed by atoms with E-state index in [2.05, 4.69) is 25.6 Å². The van der Waals surface area contributed by atoms with Gasteiger partial charge in [0.2, 0.25) is 0 Å². The molecule has 0 radical (unpaired) electrons. The van der Waals surface area contributed by atoms with Crippen molar-refractivity contribution in [2.75, 3.05) is 35.2 Å². The molecule has 1 saturated heterocycles. The zero-order valence-corrected chi connectivity index (χ0v) is 21.7. The topological polar surface area (TPSA) is 118 Å². The van der Waals surface area contributed by atoms with Crippen molar-refractivity contribution in [3.05, 3.63) is 84.3 Å². The van der Waals surface area contributed by atoms with E-state index in [9.17, 15) is 9.59 Å². The van der Waals surface area contributed by atoms with Crippen molar-refractivity contribution in [2.45, 2.75) is 12.8 Å². The monoisotopic (exact) mass is 541 g/mol. The summed E-state index contributed by atoms with van der Waals surface area (Å²) in [5.41, 5.74) is 9.41. The van der Waals surface area contributed by atoms with Gasteiger partial charge in [0.05, 0.1) is 17.6 Å². The van der Waals surface area contributed by atoms with Crippen molar-refractivity contribution in [1.29, 1.82) is 0 Å². The molecule has 4 aromatic rings. The summed E-state index contributed by atoms with van der Waals surface area (Å²) in [5.74, 6) is -0.0315. The molecule has 2 aromatic carbocycles. The van der Waals surface area contributed by atoms with Gasteiger partial charge in [-0.3, -0.25) is 9.59 Å². The van der Waals surface area contributed by atoms with Gasteiger partial charge < -0.3 is 21.3 Å². The fraction of sp³-hybridized carbons (Fsp3) is 0.231. The molecule has 0 unspecified atom stereocenters. The number of nitrogens with one attached hydrogen (secondary N) is 2. The Bertz CT molecular complexity index is 1360. The van der Waals surface area contributed by atoms with E-state index in [4.69, 9.17) is 5.73 Å². The Morgan fingerprint density at radius 2 is 1.73 bits per heavy atom. The lowest BCUT2D eigenvalue weighted by Crippen LogP contribution is -2.36. The van der Waals surface area contributed by atoms with E-state index >= 15 is 0 Å². The van der Waals surface area contributed by atoms with E-state index < -0.39 is 0 Å². The maximum absolute atomic E-state index is 13.2. The molecule has 0 spiro atoms. The van der Waals surface area contributed by atoms with Gasteiger partial charge in [0.1, 0.15) is 5.56 Å². The molecule has 0 aliphatic carbocycles. The van der Waals surface area contributed by atoms with Crippen LogP contribution >= 0.6 is 24.8 Å². The molecule has 0 atom stereocenters. The van der Waals surface area contributed by atoms with Crippen LogP contribution in [0, 0.1) is 5.92 Å². The lowest BCUT2D eigenvalue weighted by molar-refractivity contribution is 0.102. The molecule has 2 aromatic heterocycles. The Labute approximate surface area is 227 Å². The molecule has 2 amide bonds. The molecule has 3 heterocycles. The molecule has 4 N–H and O–H groups in total. The minimum Gasteiger partial charge on any atom is -0.370 e. The van der Waals surface area contributed by atoms with Gasteiger partial charge in [0, 0.05) is 36.7 Å². The first kappa shape index (κ1) is 27.9. The maximum Gasteiger partial charge on any atom is 0.261 e. The third kappa shape index (κ3) is 6.19. The van der Waals surface area contributed by atoms with Gasteiger partial charge >= 0.3 is 0 Å². The number of fused-ring (bicyclic) bond motifs is 1. The summed E-state index contributed by atoms with van der Waals surface area (Å²) in [7, 11) is 0. The smallest absolute Gasteiger partial charge is 0.261 e. The van der Waals surface area contributed by atoms with Crippen LogP contribution in [0.5, 0.6) is 0 Å². The summed E-state index contributed by atoms with van der Waals surface area (Å²) in [4.78, 5) is 32.6. The molecule has 5 rings (SSSR count). The zero-order valence-electron chi connectivity index (χ0n) is 20.0. The first-order valence-electron chi connectivity index (χ1n) is 11.7. The van der Waals surface area contributed by atoms with Gasteiger partial charge in [0.25, 0.3) is 11.8 Å². The highest BCUT2D eigenvalue weighted by atomic mass is 35.5. The second kappa shape index (κ2) is 12.5. The van der Waals surface area contributed by atoms with Crippen molar-refractivity contribution in [3.63, 3.8) is 0 Å². The highest BCUT2D eigenvalue weighted by Gasteiger charge is 2.23. The van der Waals surface area contributed by atoms with Crippen LogP contribution in [0.2, 0.25) is 0 Å². The van der Waals surface area contributed by atoms with Crippen LogP contribution in [0.25, 0.3) is 5.65 Å². The summed E-state index contributed by atoms with van der Waals surface area (Å²) < 4.78 is 1.56. The number of nitrogens with zero attached hydrogens (tertiary/aromatic N) is 4. The van der Waals surface area contributed by atoms with Crippen molar-refractivity contribution >= 4 is 59.3 Å². The number of benzene rings is 2. The van der Waals surface area contributed by atoms with Crippen LogP contribution in [0.15, 0.2) is 73.2 Å². The molecular weight excluding hydrogens is 513 g/mol. The van der Waals surface area contributed by atoms with Crippen molar-refractivity contribution in [2.24, 2.45) is 11.7 Å². The van der Waals surface area contributed by atoms with Crippen LogP contribution in [-0.4, -0.2) is 46.0 Å². The second-order valence-electron chi connectivity index (χ2n) is 8.62. The second-order valence-corrected chi connectivity index (χ2v) is 8.62.